The Labute approximate surface area is 82.1 Å². The van der Waals surface area contributed by atoms with Crippen molar-refractivity contribution in [3.05, 3.63) is 0 Å². The Hall–Kier alpha value is 0.370. The number of rotatable bonds is 2. The quantitative estimate of drug-likeness (QED) is 0.683. The molecular formula is C9H14OS2. The number of thioether (sulfide) groups is 2. The Morgan fingerprint density at radius 3 is 2.58 bits per heavy atom. The molecule has 1 aliphatic heterocycles. The van der Waals surface area contributed by atoms with Gasteiger partial charge in [0, 0.05) is 23.2 Å². The minimum absolute atomic E-state index is 0.342. The third kappa shape index (κ3) is 1.82. The molecule has 0 bridgehead atoms. The van der Waals surface area contributed by atoms with Crippen molar-refractivity contribution in [3.63, 3.8) is 0 Å². The highest BCUT2D eigenvalue weighted by atomic mass is 32.2. The summed E-state index contributed by atoms with van der Waals surface area (Å²) in [5.74, 6) is 4.48. The van der Waals surface area contributed by atoms with E-state index in [1.54, 1.807) is 0 Å². The van der Waals surface area contributed by atoms with E-state index in [9.17, 15) is 4.79 Å². The van der Waals surface area contributed by atoms with E-state index >= 15 is 0 Å². The van der Waals surface area contributed by atoms with Crippen molar-refractivity contribution >= 4 is 29.3 Å². The molecule has 0 aromatic rings. The van der Waals surface area contributed by atoms with Gasteiger partial charge in [0.15, 0.2) is 0 Å². The standard InChI is InChI=1S/C9H14OS2/c10-9(7-2-1-3-7)8-6-11-4-5-12-8/h7-8H,1-6H2. The van der Waals surface area contributed by atoms with E-state index < -0.39 is 0 Å². The second kappa shape index (κ2) is 4.05. The molecule has 2 fully saturated rings. The average molecular weight is 202 g/mol. The van der Waals surface area contributed by atoms with Gasteiger partial charge in [-0.2, -0.15) is 11.8 Å². The van der Waals surface area contributed by atoms with E-state index in [4.69, 9.17) is 0 Å². The minimum Gasteiger partial charge on any atom is -0.298 e. The van der Waals surface area contributed by atoms with E-state index in [0.29, 0.717) is 17.0 Å². The summed E-state index contributed by atoms with van der Waals surface area (Å²) in [5.41, 5.74) is 0. The van der Waals surface area contributed by atoms with Gasteiger partial charge in [0.1, 0.15) is 5.78 Å². The van der Waals surface area contributed by atoms with E-state index in [0.717, 1.165) is 5.75 Å². The summed E-state index contributed by atoms with van der Waals surface area (Å²) in [6, 6.07) is 0. The molecular weight excluding hydrogens is 188 g/mol. The SMILES string of the molecule is O=C(C1CCC1)C1CSCCS1. The highest BCUT2D eigenvalue weighted by Gasteiger charge is 2.32. The Morgan fingerprint density at radius 2 is 2.08 bits per heavy atom. The van der Waals surface area contributed by atoms with Crippen LogP contribution in [0.2, 0.25) is 0 Å². The first-order valence-electron chi connectivity index (χ1n) is 4.61. The molecule has 0 spiro atoms. The van der Waals surface area contributed by atoms with Crippen molar-refractivity contribution in [2.45, 2.75) is 24.5 Å². The van der Waals surface area contributed by atoms with Gasteiger partial charge in [0.2, 0.25) is 0 Å². The molecule has 0 amide bonds. The summed E-state index contributed by atoms with van der Waals surface area (Å²) in [7, 11) is 0. The van der Waals surface area contributed by atoms with Gasteiger partial charge in [-0.25, -0.2) is 0 Å². The van der Waals surface area contributed by atoms with Crippen molar-refractivity contribution in [3.8, 4) is 0 Å². The van der Waals surface area contributed by atoms with E-state index in [1.807, 2.05) is 23.5 Å². The predicted molar refractivity (Wildman–Crippen MR) is 55.9 cm³/mol. The van der Waals surface area contributed by atoms with Crippen molar-refractivity contribution in [1.82, 2.24) is 0 Å². The first-order valence-corrected chi connectivity index (χ1v) is 6.81. The number of carbonyl (C=O) groups is 1. The maximum absolute atomic E-state index is 11.7. The molecule has 2 rings (SSSR count). The number of Topliss-reactive ketones (excluding diaryl/α,β-unsaturated/α-hetero) is 1. The molecule has 68 valence electrons. The third-order valence-electron chi connectivity index (χ3n) is 2.64. The lowest BCUT2D eigenvalue weighted by molar-refractivity contribution is -0.124. The van der Waals surface area contributed by atoms with Gasteiger partial charge in [-0.3, -0.25) is 4.79 Å². The van der Waals surface area contributed by atoms with Gasteiger partial charge in [-0.15, -0.1) is 11.8 Å². The van der Waals surface area contributed by atoms with Crippen molar-refractivity contribution in [2.24, 2.45) is 5.92 Å². The Balaban J connectivity index is 1.84. The minimum atomic E-state index is 0.342. The fourth-order valence-corrected chi connectivity index (χ4v) is 4.32. The summed E-state index contributed by atoms with van der Waals surface area (Å²) < 4.78 is 0. The molecule has 1 nitrogen and oxygen atoms in total. The van der Waals surface area contributed by atoms with Crippen LogP contribution in [0.4, 0.5) is 0 Å². The molecule has 0 aromatic heterocycles. The van der Waals surface area contributed by atoms with Crippen LogP contribution >= 0.6 is 23.5 Å². The third-order valence-corrected chi connectivity index (χ3v) is 5.41. The van der Waals surface area contributed by atoms with Gasteiger partial charge >= 0.3 is 0 Å². The van der Waals surface area contributed by atoms with Gasteiger partial charge in [-0.05, 0) is 12.8 Å². The molecule has 1 saturated carbocycles. The van der Waals surface area contributed by atoms with Crippen molar-refractivity contribution in [1.29, 1.82) is 0 Å². The summed E-state index contributed by atoms with van der Waals surface area (Å²) in [6.45, 7) is 0. The van der Waals surface area contributed by atoms with Crippen LogP contribution in [0.5, 0.6) is 0 Å². The monoisotopic (exact) mass is 202 g/mol. The summed E-state index contributed by atoms with van der Waals surface area (Å²) >= 11 is 3.82. The molecule has 0 aromatic carbocycles. The smallest absolute Gasteiger partial charge is 0.149 e. The van der Waals surface area contributed by atoms with Crippen LogP contribution in [0.1, 0.15) is 19.3 Å². The molecule has 1 atom stereocenters. The van der Waals surface area contributed by atoms with Gasteiger partial charge in [0.05, 0.1) is 5.25 Å². The number of ketones is 1. The van der Waals surface area contributed by atoms with Crippen LogP contribution in [0.3, 0.4) is 0 Å². The second-order valence-corrected chi connectivity index (χ2v) is 5.92. The van der Waals surface area contributed by atoms with Crippen LogP contribution in [0.25, 0.3) is 0 Å². The van der Waals surface area contributed by atoms with Gasteiger partial charge in [0.25, 0.3) is 0 Å². The molecule has 3 heteroatoms. The molecule has 1 unspecified atom stereocenters. The van der Waals surface area contributed by atoms with Crippen LogP contribution in [0, 0.1) is 5.92 Å². The van der Waals surface area contributed by atoms with E-state index in [-0.39, 0.29) is 0 Å². The molecule has 1 saturated heterocycles. The fourth-order valence-electron chi connectivity index (χ4n) is 1.61. The first kappa shape index (κ1) is 8.95. The summed E-state index contributed by atoms with van der Waals surface area (Å²) in [5, 5.41) is 0.342. The lowest BCUT2D eigenvalue weighted by Crippen LogP contribution is -2.33. The first-order chi connectivity index (χ1) is 5.88. The summed E-state index contributed by atoms with van der Waals surface area (Å²) in [6.07, 6.45) is 3.61. The zero-order valence-corrected chi connectivity index (χ0v) is 8.76. The Kier molecular flexibility index (Phi) is 3.02. The highest BCUT2D eigenvalue weighted by molar-refractivity contribution is 8.07. The zero-order valence-electron chi connectivity index (χ0n) is 7.12. The number of hydrogen-bond acceptors (Lipinski definition) is 3. The Morgan fingerprint density at radius 1 is 1.25 bits per heavy atom. The fraction of sp³-hybridized carbons (Fsp3) is 0.889. The van der Waals surface area contributed by atoms with Gasteiger partial charge < -0.3 is 0 Å². The molecule has 1 aliphatic carbocycles. The molecule has 0 N–H and O–H groups in total. The van der Waals surface area contributed by atoms with Crippen LogP contribution < -0.4 is 0 Å². The lowest BCUT2D eigenvalue weighted by Gasteiger charge is -2.29. The second-order valence-electron chi connectivity index (χ2n) is 3.46. The zero-order chi connectivity index (χ0) is 8.39. The van der Waals surface area contributed by atoms with Crippen molar-refractivity contribution < 1.29 is 4.79 Å². The highest BCUT2D eigenvalue weighted by Crippen LogP contribution is 2.34. The summed E-state index contributed by atoms with van der Waals surface area (Å²) in [4.78, 5) is 11.7. The van der Waals surface area contributed by atoms with E-state index in [1.165, 1.54) is 30.8 Å². The molecule has 1 heterocycles. The number of hydrogen-bond donors (Lipinski definition) is 0. The topological polar surface area (TPSA) is 17.1 Å². The Bertz CT molecular complexity index is 171. The van der Waals surface area contributed by atoms with Crippen LogP contribution in [0.15, 0.2) is 0 Å². The maximum Gasteiger partial charge on any atom is 0.149 e. The largest absolute Gasteiger partial charge is 0.298 e. The predicted octanol–water partition coefficient (Wildman–Crippen LogP) is 2.20. The van der Waals surface area contributed by atoms with E-state index in [2.05, 4.69) is 0 Å². The molecule has 2 aliphatic rings. The average Bonchev–Trinajstić information content (AvgIpc) is 2.03. The molecule has 12 heavy (non-hydrogen) atoms. The normalized spacial score (nSPS) is 31.2. The van der Waals surface area contributed by atoms with Crippen LogP contribution in [-0.4, -0.2) is 28.3 Å². The molecule has 0 radical (unpaired) electrons. The van der Waals surface area contributed by atoms with Crippen LogP contribution in [-0.2, 0) is 4.79 Å². The van der Waals surface area contributed by atoms with Crippen molar-refractivity contribution in [2.75, 3.05) is 17.3 Å². The van der Waals surface area contributed by atoms with Gasteiger partial charge in [-0.1, -0.05) is 6.42 Å². The maximum atomic E-state index is 11.7. The number of carbonyl (C=O) groups excluding carboxylic acids is 1. The lowest BCUT2D eigenvalue weighted by atomic mass is 9.81.